The van der Waals surface area contributed by atoms with Crippen LogP contribution in [0.1, 0.15) is 39.5 Å². The third-order valence-electron chi connectivity index (χ3n) is 7.74. The summed E-state index contributed by atoms with van der Waals surface area (Å²) in [6, 6.07) is 25.2. The number of ether oxygens (including phenoxy) is 1. The number of halogens is 1. The first-order valence-corrected chi connectivity index (χ1v) is 14.2. The van der Waals surface area contributed by atoms with Crippen molar-refractivity contribution < 1.29 is 13.9 Å². The Balaban J connectivity index is 1.32. The summed E-state index contributed by atoms with van der Waals surface area (Å²) in [4.78, 5) is 43.2. The van der Waals surface area contributed by atoms with Gasteiger partial charge in [0.1, 0.15) is 18.0 Å². The number of pyridine rings is 1. The molecule has 3 heterocycles. The molecule has 8 nitrogen and oxygen atoms in total. The van der Waals surface area contributed by atoms with Crippen LogP contribution in [-0.2, 0) is 19.7 Å². The maximum atomic E-state index is 14.0. The SMILES string of the molecule is O=C(NCc1ccc(F)cc1)c1cn2ccn(C3CCN(Cc4ccccc4)C3)c(=O)c2c(OCc2ccccc2)c1=O. The summed E-state index contributed by atoms with van der Waals surface area (Å²) >= 11 is 0. The molecule has 0 aliphatic carbocycles. The molecule has 1 N–H and O–H groups in total. The van der Waals surface area contributed by atoms with Crippen molar-refractivity contribution >= 4 is 11.4 Å². The third-order valence-corrected chi connectivity index (χ3v) is 7.74. The van der Waals surface area contributed by atoms with E-state index >= 15 is 0 Å². The molecular formula is C34H31FN4O4. The normalized spacial score (nSPS) is 15.0. The molecule has 6 rings (SSSR count). The van der Waals surface area contributed by atoms with Crippen molar-refractivity contribution in [2.24, 2.45) is 0 Å². The predicted molar refractivity (Wildman–Crippen MR) is 162 cm³/mol. The molecule has 2 aromatic heterocycles. The second-order valence-electron chi connectivity index (χ2n) is 10.7. The lowest BCUT2D eigenvalue weighted by Crippen LogP contribution is -2.33. The van der Waals surface area contributed by atoms with Gasteiger partial charge in [0.05, 0.1) is 6.04 Å². The lowest BCUT2D eigenvalue weighted by Gasteiger charge is -2.19. The van der Waals surface area contributed by atoms with Crippen molar-refractivity contribution in [3.8, 4) is 5.75 Å². The van der Waals surface area contributed by atoms with E-state index in [4.69, 9.17) is 4.74 Å². The van der Waals surface area contributed by atoms with Gasteiger partial charge in [-0.25, -0.2) is 4.39 Å². The second kappa shape index (κ2) is 12.5. The highest BCUT2D eigenvalue weighted by atomic mass is 19.1. The highest BCUT2D eigenvalue weighted by Crippen LogP contribution is 2.23. The van der Waals surface area contributed by atoms with Crippen molar-refractivity contribution in [2.45, 2.75) is 32.2 Å². The largest absolute Gasteiger partial charge is 0.483 e. The minimum atomic E-state index is -0.667. The molecule has 1 atom stereocenters. The molecule has 9 heteroatoms. The zero-order valence-electron chi connectivity index (χ0n) is 23.5. The Morgan fingerprint density at radius 3 is 2.30 bits per heavy atom. The Morgan fingerprint density at radius 2 is 1.58 bits per heavy atom. The Morgan fingerprint density at radius 1 is 0.884 bits per heavy atom. The maximum Gasteiger partial charge on any atom is 0.279 e. The number of carbonyl (C=O) groups is 1. The minimum Gasteiger partial charge on any atom is -0.483 e. The standard InChI is InChI=1S/C34H31FN4O4/c35-27-13-11-24(12-14-27)19-36-33(41)29-22-38-17-18-39(28-15-16-37(21-28)20-25-7-3-1-4-8-25)34(42)30(38)32(31(29)40)43-23-26-9-5-2-6-10-26/h1-14,17-18,22,28H,15-16,19-21,23H2,(H,36,41). The minimum absolute atomic E-state index is 0.0506. The number of carbonyl (C=O) groups excluding carboxylic acids is 1. The van der Waals surface area contributed by atoms with Crippen molar-refractivity contribution in [3.05, 3.63) is 152 Å². The number of nitrogens with one attached hydrogen (secondary N) is 1. The topological polar surface area (TPSA) is 85.1 Å². The molecule has 1 saturated heterocycles. The zero-order chi connectivity index (χ0) is 29.8. The van der Waals surface area contributed by atoms with E-state index in [9.17, 15) is 18.8 Å². The number of nitrogens with zero attached hydrogens (tertiary/aromatic N) is 3. The summed E-state index contributed by atoms with van der Waals surface area (Å²) in [6.07, 6.45) is 5.55. The molecule has 218 valence electrons. The van der Waals surface area contributed by atoms with Gasteiger partial charge in [-0.2, -0.15) is 0 Å². The quantitative estimate of drug-likeness (QED) is 0.277. The van der Waals surface area contributed by atoms with E-state index in [1.807, 2.05) is 48.5 Å². The highest BCUT2D eigenvalue weighted by Gasteiger charge is 2.27. The first-order valence-electron chi connectivity index (χ1n) is 14.2. The molecule has 1 aliphatic heterocycles. The van der Waals surface area contributed by atoms with Crippen molar-refractivity contribution in [3.63, 3.8) is 0 Å². The fraction of sp³-hybridized carbons (Fsp3) is 0.206. The van der Waals surface area contributed by atoms with Gasteiger partial charge in [0.2, 0.25) is 5.43 Å². The second-order valence-corrected chi connectivity index (χ2v) is 10.7. The van der Waals surface area contributed by atoms with Crippen LogP contribution in [0.2, 0.25) is 0 Å². The average Bonchev–Trinajstić information content (AvgIpc) is 3.49. The summed E-state index contributed by atoms with van der Waals surface area (Å²) < 4.78 is 22.5. The molecular weight excluding hydrogens is 547 g/mol. The Hall–Kier alpha value is -5.02. The number of hydrogen-bond donors (Lipinski definition) is 1. The first kappa shape index (κ1) is 28.1. The van der Waals surface area contributed by atoms with Gasteiger partial charge < -0.3 is 19.0 Å². The summed E-state index contributed by atoms with van der Waals surface area (Å²) in [5.74, 6) is -1.17. The molecule has 0 radical (unpaired) electrons. The number of aromatic nitrogens is 2. The van der Waals surface area contributed by atoms with Gasteiger partial charge in [-0.1, -0.05) is 72.8 Å². The first-order chi connectivity index (χ1) is 21.0. The lowest BCUT2D eigenvalue weighted by atomic mass is 10.2. The molecule has 1 amide bonds. The van der Waals surface area contributed by atoms with Crippen LogP contribution >= 0.6 is 0 Å². The number of rotatable bonds is 9. The van der Waals surface area contributed by atoms with E-state index < -0.39 is 11.3 Å². The number of benzene rings is 3. The number of fused-ring (bicyclic) bond motifs is 1. The van der Waals surface area contributed by atoms with Crippen LogP contribution in [0.25, 0.3) is 5.52 Å². The van der Waals surface area contributed by atoms with Crippen LogP contribution < -0.4 is 21.0 Å². The molecule has 0 saturated carbocycles. The Kier molecular flexibility index (Phi) is 8.15. The summed E-state index contributed by atoms with van der Waals surface area (Å²) in [5, 5.41) is 2.72. The number of hydrogen-bond acceptors (Lipinski definition) is 5. The van der Waals surface area contributed by atoms with Gasteiger partial charge in [-0.15, -0.1) is 0 Å². The van der Waals surface area contributed by atoms with Crippen LogP contribution in [0, 0.1) is 5.82 Å². The fourth-order valence-corrected chi connectivity index (χ4v) is 5.49. The molecule has 5 aromatic rings. The Labute approximate surface area is 247 Å². The van der Waals surface area contributed by atoms with Crippen LogP contribution in [0.4, 0.5) is 4.39 Å². The Bertz CT molecular complexity index is 1850. The van der Waals surface area contributed by atoms with Crippen LogP contribution in [0.5, 0.6) is 5.75 Å². The van der Waals surface area contributed by atoms with Gasteiger partial charge in [0.25, 0.3) is 11.5 Å². The van der Waals surface area contributed by atoms with E-state index in [0.717, 1.165) is 25.1 Å². The van der Waals surface area contributed by atoms with E-state index in [1.54, 1.807) is 29.1 Å². The molecule has 1 aliphatic rings. The van der Waals surface area contributed by atoms with E-state index in [-0.39, 0.29) is 47.4 Å². The fourth-order valence-electron chi connectivity index (χ4n) is 5.49. The van der Waals surface area contributed by atoms with Gasteiger partial charge in [0, 0.05) is 44.8 Å². The van der Waals surface area contributed by atoms with Crippen molar-refractivity contribution in [1.82, 2.24) is 19.2 Å². The number of amides is 1. The lowest BCUT2D eigenvalue weighted by molar-refractivity contribution is 0.0948. The smallest absolute Gasteiger partial charge is 0.279 e. The zero-order valence-corrected chi connectivity index (χ0v) is 23.5. The van der Waals surface area contributed by atoms with E-state index in [2.05, 4.69) is 22.3 Å². The van der Waals surface area contributed by atoms with Gasteiger partial charge in [-0.3, -0.25) is 19.3 Å². The molecule has 0 bridgehead atoms. The van der Waals surface area contributed by atoms with Gasteiger partial charge in [-0.05, 0) is 35.2 Å². The molecule has 0 spiro atoms. The summed E-state index contributed by atoms with van der Waals surface area (Å²) in [6.45, 7) is 2.48. The summed E-state index contributed by atoms with van der Waals surface area (Å²) in [5.41, 5.74) is 1.61. The van der Waals surface area contributed by atoms with Crippen LogP contribution in [0.3, 0.4) is 0 Å². The average molecular weight is 579 g/mol. The molecule has 43 heavy (non-hydrogen) atoms. The van der Waals surface area contributed by atoms with E-state index in [0.29, 0.717) is 12.1 Å². The van der Waals surface area contributed by atoms with Crippen LogP contribution in [0.15, 0.2) is 113 Å². The maximum absolute atomic E-state index is 14.0. The third kappa shape index (κ3) is 6.27. The van der Waals surface area contributed by atoms with Gasteiger partial charge >= 0.3 is 0 Å². The number of likely N-dealkylation sites (tertiary alicyclic amines) is 1. The van der Waals surface area contributed by atoms with Gasteiger partial charge in [0.15, 0.2) is 11.3 Å². The van der Waals surface area contributed by atoms with Crippen LogP contribution in [-0.4, -0.2) is 32.9 Å². The predicted octanol–water partition coefficient (Wildman–Crippen LogP) is 4.56. The monoisotopic (exact) mass is 578 g/mol. The molecule has 3 aromatic carbocycles. The summed E-state index contributed by atoms with van der Waals surface area (Å²) in [7, 11) is 0. The molecule has 1 unspecified atom stereocenters. The molecule has 1 fully saturated rings. The van der Waals surface area contributed by atoms with Crippen molar-refractivity contribution in [1.29, 1.82) is 0 Å². The highest BCUT2D eigenvalue weighted by molar-refractivity contribution is 5.95. The van der Waals surface area contributed by atoms with Crippen molar-refractivity contribution in [2.75, 3.05) is 13.1 Å². The van der Waals surface area contributed by atoms with E-state index in [1.165, 1.54) is 28.3 Å².